The van der Waals surface area contributed by atoms with E-state index in [-0.39, 0.29) is 18.0 Å². The lowest BCUT2D eigenvalue weighted by Crippen LogP contribution is -2.57. The van der Waals surface area contributed by atoms with Gasteiger partial charge in [-0.05, 0) is 24.3 Å². The maximum atomic E-state index is 12.6. The van der Waals surface area contributed by atoms with Gasteiger partial charge in [-0.15, -0.1) is 0 Å². The minimum absolute atomic E-state index is 0.0154. The largest absolute Gasteiger partial charge is 0.497 e. The summed E-state index contributed by atoms with van der Waals surface area (Å²) in [5.41, 5.74) is 0. The van der Waals surface area contributed by atoms with Crippen molar-refractivity contribution < 1.29 is 27.9 Å². The fraction of sp³-hybridized carbons (Fsp3) is 0.385. The van der Waals surface area contributed by atoms with Crippen molar-refractivity contribution in [2.24, 2.45) is 0 Å². The summed E-state index contributed by atoms with van der Waals surface area (Å²) in [6.07, 6.45) is -0.582. The van der Waals surface area contributed by atoms with Crippen LogP contribution in [0.1, 0.15) is 6.42 Å². The van der Waals surface area contributed by atoms with Crippen LogP contribution in [0.3, 0.4) is 0 Å². The number of piperazine rings is 1. The lowest BCUT2D eigenvalue weighted by Gasteiger charge is -2.33. The summed E-state index contributed by atoms with van der Waals surface area (Å²) in [4.78, 5) is 22.7. The van der Waals surface area contributed by atoms with Crippen molar-refractivity contribution in [2.75, 3.05) is 20.2 Å². The summed E-state index contributed by atoms with van der Waals surface area (Å²) in [5, 5.41) is 11.4. The first-order valence-corrected chi connectivity index (χ1v) is 7.95. The summed E-state index contributed by atoms with van der Waals surface area (Å²) < 4.78 is 31.2. The summed E-state index contributed by atoms with van der Waals surface area (Å²) >= 11 is 0. The van der Waals surface area contributed by atoms with Crippen molar-refractivity contribution >= 4 is 21.9 Å². The molecule has 2 rings (SSSR count). The highest BCUT2D eigenvalue weighted by atomic mass is 32.2. The van der Waals surface area contributed by atoms with Crippen molar-refractivity contribution in [3.63, 3.8) is 0 Å². The van der Waals surface area contributed by atoms with Gasteiger partial charge in [0.15, 0.2) is 0 Å². The molecule has 22 heavy (non-hydrogen) atoms. The average Bonchev–Trinajstić information content (AvgIpc) is 2.49. The Kier molecular flexibility index (Phi) is 4.67. The Balaban J connectivity index is 2.35. The number of carboxylic acid groups (broad SMARTS) is 1. The number of benzene rings is 1. The average molecular weight is 328 g/mol. The van der Waals surface area contributed by atoms with E-state index in [1.54, 1.807) is 0 Å². The minimum Gasteiger partial charge on any atom is -0.497 e. The Bertz CT molecular complexity index is 670. The molecule has 0 saturated carbocycles. The zero-order valence-corrected chi connectivity index (χ0v) is 12.7. The smallest absolute Gasteiger partial charge is 0.305 e. The Morgan fingerprint density at radius 3 is 2.59 bits per heavy atom. The van der Waals surface area contributed by atoms with Gasteiger partial charge in [-0.2, -0.15) is 4.31 Å². The van der Waals surface area contributed by atoms with Crippen LogP contribution in [0.25, 0.3) is 0 Å². The van der Waals surface area contributed by atoms with E-state index in [2.05, 4.69) is 5.32 Å². The molecule has 1 saturated heterocycles. The topological polar surface area (TPSA) is 113 Å². The van der Waals surface area contributed by atoms with Crippen molar-refractivity contribution in [1.82, 2.24) is 9.62 Å². The molecule has 0 bridgehead atoms. The standard InChI is InChI=1S/C13H16N2O6S/c1-21-9-2-4-10(5-3-9)22(19,20)15-7-6-14-13(18)11(15)8-12(16)17/h2-5,11H,6-8H2,1H3,(H,14,18)(H,16,17). The van der Waals surface area contributed by atoms with Crippen LogP contribution < -0.4 is 10.1 Å². The Labute approximate surface area is 127 Å². The van der Waals surface area contributed by atoms with Crippen LogP contribution in [0.2, 0.25) is 0 Å². The second-order valence-electron chi connectivity index (χ2n) is 4.70. The van der Waals surface area contributed by atoms with Gasteiger partial charge in [0, 0.05) is 13.1 Å². The zero-order chi connectivity index (χ0) is 16.3. The van der Waals surface area contributed by atoms with E-state index < -0.39 is 34.4 Å². The lowest BCUT2D eigenvalue weighted by atomic mass is 10.1. The molecule has 1 heterocycles. The fourth-order valence-electron chi connectivity index (χ4n) is 2.22. The van der Waals surface area contributed by atoms with Gasteiger partial charge >= 0.3 is 5.97 Å². The Hall–Kier alpha value is -2.13. The number of sulfonamides is 1. The number of hydrogen-bond acceptors (Lipinski definition) is 5. The maximum Gasteiger partial charge on any atom is 0.305 e. The number of nitrogens with zero attached hydrogens (tertiary/aromatic N) is 1. The van der Waals surface area contributed by atoms with E-state index in [1.165, 1.54) is 31.4 Å². The van der Waals surface area contributed by atoms with Crippen molar-refractivity contribution in [1.29, 1.82) is 0 Å². The lowest BCUT2D eigenvalue weighted by molar-refractivity contribution is -0.141. The summed E-state index contributed by atoms with van der Waals surface area (Å²) in [6, 6.07) is 4.45. The Morgan fingerprint density at radius 2 is 2.05 bits per heavy atom. The van der Waals surface area contributed by atoms with Crippen LogP contribution in [-0.2, 0) is 19.6 Å². The number of ether oxygens (including phenoxy) is 1. The number of nitrogens with one attached hydrogen (secondary N) is 1. The second kappa shape index (κ2) is 6.32. The normalized spacial score (nSPS) is 19.5. The first-order chi connectivity index (χ1) is 10.4. The van der Waals surface area contributed by atoms with Gasteiger partial charge < -0.3 is 15.2 Å². The molecule has 0 aliphatic carbocycles. The Morgan fingerprint density at radius 1 is 1.41 bits per heavy atom. The molecule has 1 fully saturated rings. The third-order valence-corrected chi connectivity index (χ3v) is 5.24. The van der Waals surface area contributed by atoms with E-state index in [4.69, 9.17) is 9.84 Å². The van der Waals surface area contributed by atoms with Crippen LogP contribution >= 0.6 is 0 Å². The van der Waals surface area contributed by atoms with Gasteiger partial charge in [0.1, 0.15) is 11.8 Å². The van der Waals surface area contributed by atoms with E-state index >= 15 is 0 Å². The highest BCUT2D eigenvalue weighted by molar-refractivity contribution is 7.89. The molecule has 9 heteroatoms. The minimum atomic E-state index is -3.96. The fourth-order valence-corrected chi connectivity index (χ4v) is 3.81. The highest BCUT2D eigenvalue weighted by Gasteiger charge is 2.39. The van der Waals surface area contributed by atoms with E-state index in [0.29, 0.717) is 5.75 Å². The van der Waals surface area contributed by atoms with Gasteiger partial charge in [0.2, 0.25) is 15.9 Å². The molecule has 0 radical (unpaired) electrons. The SMILES string of the molecule is COc1ccc(S(=O)(=O)N2CCNC(=O)C2CC(=O)O)cc1. The molecule has 1 aromatic rings. The molecule has 1 atom stereocenters. The molecule has 0 spiro atoms. The highest BCUT2D eigenvalue weighted by Crippen LogP contribution is 2.23. The summed E-state index contributed by atoms with van der Waals surface area (Å²) in [7, 11) is -2.50. The maximum absolute atomic E-state index is 12.6. The predicted molar refractivity (Wildman–Crippen MR) is 75.9 cm³/mol. The quantitative estimate of drug-likeness (QED) is 0.764. The first-order valence-electron chi connectivity index (χ1n) is 6.51. The first kappa shape index (κ1) is 16.2. The molecular weight excluding hydrogens is 312 g/mol. The van der Waals surface area contributed by atoms with Crippen LogP contribution in [0.5, 0.6) is 5.75 Å². The third kappa shape index (κ3) is 3.20. The van der Waals surface area contributed by atoms with E-state index in [9.17, 15) is 18.0 Å². The van der Waals surface area contributed by atoms with E-state index in [0.717, 1.165) is 4.31 Å². The third-order valence-electron chi connectivity index (χ3n) is 3.32. The molecular formula is C13H16N2O6S. The van der Waals surface area contributed by atoms with Gasteiger partial charge in [0.05, 0.1) is 18.4 Å². The zero-order valence-electron chi connectivity index (χ0n) is 11.9. The van der Waals surface area contributed by atoms with Gasteiger partial charge in [-0.25, -0.2) is 8.42 Å². The summed E-state index contributed by atoms with van der Waals surface area (Å²) in [5.74, 6) is -1.35. The number of amides is 1. The van der Waals surface area contributed by atoms with Crippen molar-refractivity contribution in [3.05, 3.63) is 24.3 Å². The van der Waals surface area contributed by atoms with Gasteiger partial charge in [-0.1, -0.05) is 0 Å². The number of carbonyl (C=O) groups is 2. The predicted octanol–water partition coefficient (Wildman–Crippen LogP) is -0.341. The molecule has 120 valence electrons. The number of carboxylic acids is 1. The molecule has 1 amide bonds. The van der Waals surface area contributed by atoms with Crippen LogP contribution in [0, 0.1) is 0 Å². The van der Waals surface area contributed by atoms with Crippen molar-refractivity contribution in [2.45, 2.75) is 17.4 Å². The molecule has 2 N–H and O–H groups in total. The number of hydrogen-bond donors (Lipinski definition) is 2. The number of aliphatic carboxylic acids is 1. The van der Waals surface area contributed by atoms with E-state index in [1.807, 2.05) is 0 Å². The molecule has 1 aliphatic rings. The second-order valence-corrected chi connectivity index (χ2v) is 6.59. The molecule has 1 unspecified atom stereocenters. The summed E-state index contributed by atoms with van der Waals surface area (Å²) in [6.45, 7) is 0.169. The van der Waals surface area contributed by atoms with Crippen LogP contribution in [0.4, 0.5) is 0 Å². The molecule has 1 aliphatic heterocycles. The number of rotatable bonds is 5. The van der Waals surface area contributed by atoms with Crippen molar-refractivity contribution in [3.8, 4) is 5.75 Å². The van der Waals surface area contributed by atoms with Gasteiger partial charge in [-0.3, -0.25) is 9.59 Å². The monoisotopic (exact) mass is 328 g/mol. The number of carbonyl (C=O) groups excluding carboxylic acids is 1. The molecule has 1 aromatic carbocycles. The molecule has 0 aromatic heterocycles. The van der Waals surface area contributed by atoms with Crippen LogP contribution in [0.15, 0.2) is 29.2 Å². The molecule has 8 nitrogen and oxygen atoms in total. The van der Waals surface area contributed by atoms with Gasteiger partial charge in [0.25, 0.3) is 0 Å². The van der Waals surface area contributed by atoms with Crippen LogP contribution in [-0.4, -0.2) is 55.9 Å². The number of methoxy groups -OCH3 is 1.